The quantitative estimate of drug-likeness (QED) is 0.704. The van der Waals surface area contributed by atoms with Crippen molar-refractivity contribution in [2.75, 3.05) is 6.54 Å². The molecule has 1 unspecified atom stereocenters. The molecule has 2 amide bonds. The SMILES string of the molecule is CCCC(CNC(=O)NCc1ccccc1)C(=O)O. The normalized spacial score (nSPS) is 11.6. The van der Waals surface area contributed by atoms with Gasteiger partial charge in [0.05, 0.1) is 5.92 Å². The third-order valence-electron chi connectivity index (χ3n) is 2.79. The summed E-state index contributed by atoms with van der Waals surface area (Å²) in [4.78, 5) is 22.4. The number of amides is 2. The number of carboxylic acid groups (broad SMARTS) is 1. The predicted molar refractivity (Wildman–Crippen MR) is 72.7 cm³/mol. The van der Waals surface area contributed by atoms with Crippen molar-refractivity contribution in [2.24, 2.45) is 5.92 Å². The molecule has 1 atom stereocenters. The maximum absolute atomic E-state index is 11.5. The van der Waals surface area contributed by atoms with Gasteiger partial charge in [-0.3, -0.25) is 4.79 Å². The minimum Gasteiger partial charge on any atom is -0.481 e. The van der Waals surface area contributed by atoms with Gasteiger partial charge in [0.25, 0.3) is 0 Å². The third kappa shape index (κ3) is 5.90. The highest BCUT2D eigenvalue weighted by molar-refractivity contribution is 5.75. The molecule has 0 aliphatic rings. The Hall–Kier alpha value is -2.04. The maximum atomic E-state index is 11.5. The molecule has 0 spiro atoms. The van der Waals surface area contributed by atoms with Gasteiger partial charge in [0, 0.05) is 13.1 Å². The van der Waals surface area contributed by atoms with Crippen LogP contribution in [0.25, 0.3) is 0 Å². The number of benzene rings is 1. The first kappa shape index (κ1) is 15.0. The van der Waals surface area contributed by atoms with Crippen LogP contribution in [0.2, 0.25) is 0 Å². The van der Waals surface area contributed by atoms with Crippen LogP contribution in [0.4, 0.5) is 4.79 Å². The van der Waals surface area contributed by atoms with Crippen molar-refractivity contribution in [3.05, 3.63) is 35.9 Å². The lowest BCUT2D eigenvalue weighted by Crippen LogP contribution is -2.39. The number of hydrogen-bond donors (Lipinski definition) is 3. The fraction of sp³-hybridized carbons (Fsp3) is 0.429. The Kier molecular flexibility index (Phi) is 6.43. The van der Waals surface area contributed by atoms with Crippen molar-refractivity contribution in [2.45, 2.75) is 26.3 Å². The van der Waals surface area contributed by atoms with Crippen molar-refractivity contribution in [1.82, 2.24) is 10.6 Å². The molecule has 3 N–H and O–H groups in total. The van der Waals surface area contributed by atoms with Crippen LogP contribution < -0.4 is 10.6 Å². The molecule has 0 aromatic heterocycles. The smallest absolute Gasteiger partial charge is 0.315 e. The van der Waals surface area contributed by atoms with E-state index in [1.807, 2.05) is 37.3 Å². The summed E-state index contributed by atoms with van der Waals surface area (Å²) in [6, 6.07) is 9.19. The summed E-state index contributed by atoms with van der Waals surface area (Å²) in [5.41, 5.74) is 1.00. The van der Waals surface area contributed by atoms with Crippen LogP contribution in [0.3, 0.4) is 0 Å². The minimum absolute atomic E-state index is 0.157. The van der Waals surface area contributed by atoms with E-state index in [0.717, 1.165) is 12.0 Å². The second kappa shape index (κ2) is 8.13. The molecule has 1 aromatic carbocycles. The lowest BCUT2D eigenvalue weighted by molar-refractivity contribution is -0.141. The van der Waals surface area contributed by atoms with E-state index in [1.54, 1.807) is 0 Å². The fourth-order valence-electron chi connectivity index (χ4n) is 1.72. The molecule has 19 heavy (non-hydrogen) atoms. The largest absolute Gasteiger partial charge is 0.481 e. The molecular formula is C14H20N2O3. The van der Waals surface area contributed by atoms with E-state index in [2.05, 4.69) is 10.6 Å². The predicted octanol–water partition coefficient (Wildman–Crippen LogP) is 1.99. The standard InChI is InChI=1S/C14H20N2O3/c1-2-6-12(13(17)18)10-16-14(19)15-9-11-7-4-3-5-8-11/h3-5,7-8,12H,2,6,9-10H2,1H3,(H,17,18)(H2,15,16,19). The van der Waals surface area contributed by atoms with Crippen LogP contribution in [0, 0.1) is 5.92 Å². The second-order valence-corrected chi connectivity index (χ2v) is 4.37. The van der Waals surface area contributed by atoms with E-state index in [9.17, 15) is 9.59 Å². The first-order valence-electron chi connectivity index (χ1n) is 6.42. The lowest BCUT2D eigenvalue weighted by Gasteiger charge is -2.13. The summed E-state index contributed by atoms with van der Waals surface area (Å²) in [5.74, 6) is -1.39. The highest BCUT2D eigenvalue weighted by Crippen LogP contribution is 2.04. The van der Waals surface area contributed by atoms with E-state index in [4.69, 9.17) is 5.11 Å². The lowest BCUT2D eigenvalue weighted by atomic mass is 10.0. The molecular weight excluding hydrogens is 244 g/mol. The molecule has 1 rings (SSSR count). The molecule has 0 bridgehead atoms. The van der Waals surface area contributed by atoms with Crippen LogP contribution in [0.1, 0.15) is 25.3 Å². The van der Waals surface area contributed by atoms with Gasteiger partial charge in [0.1, 0.15) is 0 Å². The first-order chi connectivity index (χ1) is 9.13. The summed E-state index contributed by atoms with van der Waals surface area (Å²) in [6.45, 7) is 2.51. The molecule has 0 fully saturated rings. The minimum atomic E-state index is -0.870. The summed E-state index contributed by atoms with van der Waals surface area (Å²) < 4.78 is 0. The van der Waals surface area contributed by atoms with Crippen molar-refractivity contribution < 1.29 is 14.7 Å². The molecule has 0 aliphatic heterocycles. The highest BCUT2D eigenvalue weighted by atomic mass is 16.4. The second-order valence-electron chi connectivity index (χ2n) is 4.37. The van der Waals surface area contributed by atoms with Gasteiger partial charge in [0.2, 0.25) is 0 Å². The van der Waals surface area contributed by atoms with Gasteiger partial charge in [-0.2, -0.15) is 0 Å². The monoisotopic (exact) mass is 264 g/mol. The summed E-state index contributed by atoms with van der Waals surface area (Å²) in [6.07, 6.45) is 1.35. The van der Waals surface area contributed by atoms with Crippen molar-refractivity contribution in [3.8, 4) is 0 Å². The van der Waals surface area contributed by atoms with Crippen molar-refractivity contribution in [1.29, 1.82) is 0 Å². The van der Waals surface area contributed by atoms with Gasteiger partial charge in [-0.15, -0.1) is 0 Å². The number of carbonyl (C=O) groups is 2. The van der Waals surface area contributed by atoms with Gasteiger partial charge in [-0.05, 0) is 12.0 Å². The Morgan fingerprint density at radius 2 is 1.89 bits per heavy atom. The number of carboxylic acids is 1. The van der Waals surface area contributed by atoms with Gasteiger partial charge in [0.15, 0.2) is 0 Å². The van der Waals surface area contributed by atoms with Crippen molar-refractivity contribution in [3.63, 3.8) is 0 Å². The third-order valence-corrected chi connectivity index (χ3v) is 2.79. The molecule has 5 nitrogen and oxygen atoms in total. The molecule has 0 radical (unpaired) electrons. The van der Waals surface area contributed by atoms with E-state index >= 15 is 0 Å². The zero-order chi connectivity index (χ0) is 14.1. The van der Waals surface area contributed by atoms with Gasteiger partial charge in [-0.1, -0.05) is 43.7 Å². The van der Waals surface area contributed by atoms with E-state index < -0.39 is 11.9 Å². The van der Waals surface area contributed by atoms with E-state index in [1.165, 1.54) is 0 Å². The van der Waals surface area contributed by atoms with Crippen LogP contribution in [0.15, 0.2) is 30.3 Å². The number of urea groups is 1. The molecule has 0 aliphatic carbocycles. The average Bonchev–Trinajstić information content (AvgIpc) is 2.42. The molecule has 5 heteroatoms. The van der Waals surface area contributed by atoms with Crippen molar-refractivity contribution >= 4 is 12.0 Å². The van der Waals surface area contributed by atoms with Gasteiger partial charge in [-0.25, -0.2) is 4.79 Å². The number of rotatable bonds is 7. The Bertz CT molecular complexity index is 406. The molecule has 1 aromatic rings. The number of carbonyl (C=O) groups excluding carboxylic acids is 1. The molecule has 104 valence electrons. The molecule has 0 heterocycles. The fourth-order valence-corrected chi connectivity index (χ4v) is 1.72. The highest BCUT2D eigenvalue weighted by Gasteiger charge is 2.16. The molecule has 0 saturated carbocycles. The zero-order valence-corrected chi connectivity index (χ0v) is 11.1. The van der Waals surface area contributed by atoms with Crippen LogP contribution in [-0.2, 0) is 11.3 Å². The Labute approximate surface area is 113 Å². The summed E-state index contributed by atoms with van der Waals surface area (Å²) in [5, 5.41) is 14.2. The maximum Gasteiger partial charge on any atom is 0.315 e. The number of aliphatic carboxylic acids is 1. The zero-order valence-electron chi connectivity index (χ0n) is 11.1. The Balaban J connectivity index is 2.29. The summed E-state index contributed by atoms with van der Waals surface area (Å²) in [7, 11) is 0. The molecule has 0 saturated heterocycles. The van der Waals surface area contributed by atoms with Crippen LogP contribution in [0.5, 0.6) is 0 Å². The summed E-state index contributed by atoms with van der Waals surface area (Å²) >= 11 is 0. The van der Waals surface area contributed by atoms with Crippen LogP contribution >= 0.6 is 0 Å². The Morgan fingerprint density at radius 1 is 1.21 bits per heavy atom. The van der Waals surface area contributed by atoms with Crippen LogP contribution in [-0.4, -0.2) is 23.7 Å². The topological polar surface area (TPSA) is 78.4 Å². The van der Waals surface area contributed by atoms with E-state index in [0.29, 0.717) is 13.0 Å². The number of hydrogen-bond acceptors (Lipinski definition) is 2. The average molecular weight is 264 g/mol. The first-order valence-corrected chi connectivity index (χ1v) is 6.42. The van der Waals surface area contributed by atoms with Gasteiger partial charge < -0.3 is 15.7 Å². The Morgan fingerprint density at radius 3 is 2.47 bits per heavy atom. The number of nitrogens with one attached hydrogen (secondary N) is 2. The van der Waals surface area contributed by atoms with Gasteiger partial charge >= 0.3 is 12.0 Å². The van der Waals surface area contributed by atoms with E-state index in [-0.39, 0.29) is 12.6 Å².